The molecule has 0 aromatic carbocycles. The van der Waals surface area contributed by atoms with Gasteiger partial charge in [-0.25, -0.2) is 13.1 Å². The first-order chi connectivity index (χ1) is 9.90. The zero-order valence-corrected chi connectivity index (χ0v) is 13.3. The number of hydrogen-bond acceptors (Lipinski definition) is 4. The first kappa shape index (κ1) is 15.0. The molecule has 2 saturated heterocycles. The van der Waals surface area contributed by atoms with E-state index in [0.717, 1.165) is 25.0 Å². The standard InChI is InChI=1S/C14H23N3O3S/c1-9(2)17-8-12(5-10(17)7-15)21(18,19)16-13-6-11-3-4-14(13)20-11/h5,8-9,11,13-14,16H,3-4,6-7,15H2,1-2H3. The molecule has 3 heterocycles. The Hall–Kier alpha value is -0.890. The monoisotopic (exact) mass is 313 g/mol. The van der Waals surface area contributed by atoms with Gasteiger partial charge in [-0.2, -0.15) is 0 Å². The molecule has 6 nitrogen and oxygen atoms in total. The third-order valence-corrected chi connectivity index (χ3v) is 5.85. The molecule has 0 saturated carbocycles. The lowest BCUT2D eigenvalue weighted by molar-refractivity contribution is 0.0996. The second kappa shape index (κ2) is 5.39. The molecule has 0 spiro atoms. The maximum Gasteiger partial charge on any atom is 0.242 e. The highest BCUT2D eigenvalue weighted by molar-refractivity contribution is 7.89. The molecule has 3 unspecified atom stereocenters. The molecule has 3 N–H and O–H groups in total. The van der Waals surface area contributed by atoms with E-state index >= 15 is 0 Å². The molecule has 1 aromatic heterocycles. The van der Waals surface area contributed by atoms with Gasteiger partial charge in [0.25, 0.3) is 0 Å². The van der Waals surface area contributed by atoms with Gasteiger partial charge in [-0.3, -0.25) is 0 Å². The molecular weight excluding hydrogens is 290 g/mol. The highest BCUT2D eigenvalue weighted by Crippen LogP contribution is 2.35. The van der Waals surface area contributed by atoms with Gasteiger partial charge in [-0.1, -0.05) is 0 Å². The summed E-state index contributed by atoms with van der Waals surface area (Å²) in [5, 5.41) is 0. The summed E-state index contributed by atoms with van der Waals surface area (Å²) in [5.74, 6) is 0. The fourth-order valence-corrected chi connectivity index (χ4v) is 4.64. The topological polar surface area (TPSA) is 86.3 Å². The van der Waals surface area contributed by atoms with Crippen molar-refractivity contribution in [3.8, 4) is 0 Å². The maximum atomic E-state index is 12.5. The Morgan fingerprint density at radius 3 is 2.71 bits per heavy atom. The zero-order valence-electron chi connectivity index (χ0n) is 12.5. The molecule has 1 aromatic rings. The molecule has 0 amide bonds. The van der Waals surface area contributed by atoms with Crippen LogP contribution in [0.5, 0.6) is 0 Å². The predicted molar refractivity (Wildman–Crippen MR) is 79.3 cm³/mol. The van der Waals surface area contributed by atoms with Gasteiger partial charge >= 0.3 is 0 Å². The first-order valence-corrected chi connectivity index (χ1v) is 8.97. The number of fused-ring (bicyclic) bond motifs is 2. The molecule has 2 bridgehead atoms. The number of nitrogens with zero attached hydrogens (tertiary/aromatic N) is 1. The molecule has 2 fully saturated rings. The molecule has 0 aliphatic carbocycles. The van der Waals surface area contributed by atoms with Crippen LogP contribution < -0.4 is 10.5 Å². The maximum absolute atomic E-state index is 12.5. The van der Waals surface area contributed by atoms with Gasteiger partial charge in [0.2, 0.25) is 10.0 Å². The number of hydrogen-bond donors (Lipinski definition) is 2. The van der Waals surface area contributed by atoms with Crippen LogP contribution >= 0.6 is 0 Å². The molecule has 3 atom stereocenters. The van der Waals surface area contributed by atoms with E-state index in [-0.39, 0.29) is 24.3 Å². The number of ether oxygens (including phenoxy) is 1. The van der Waals surface area contributed by atoms with Crippen molar-refractivity contribution in [3.63, 3.8) is 0 Å². The van der Waals surface area contributed by atoms with Gasteiger partial charge in [0, 0.05) is 24.5 Å². The molecule has 21 heavy (non-hydrogen) atoms. The van der Waals surface area contributed by atoms with E-state index < -0.39 is 10.0 Å². The Morgan fingerprint density at radius 1 is 1.48 bits per heavy atom. The fraction of sp³-hybridized carbons (Fsp3) is 0.714. The van der Waals surface area contributed by atoms with Crippen LogP contribution in [-0.2, 0) is 21.3 Å². The predicted octanol–water partition coefficient (Wildman–Crippen LogP) is 1.13. The quantitative estimate of drug-likeness (QED) is 0.853. The first-order valence-electron chi connectivity index (χ1n) is 7.49. The van der Waals surface area contributed by atoms with Crippen LogP contribution in [-0.4, -0.2) is 31.2 Å². The van der Waals surface area contributed by atoms with Gasteiger partial charge in [0.1, 0.15) is 0 Å². The highest BCUT2D eigenvalue weighted by atomic mass is 32.2. The van der Waals surface area contributed by atoms with E-state index in [4.69, 9.17) is 10.5 Å². The van der Waals surface area contributed by atoms with E-state index in [0.29, 0.717) is 11.4 Å². The molecule has 7 heteroatoms. The van der Waals surface area contributed by atoms with Crippen LogP contribution in [0.25, 0.3) is 0 Å². The average Bonchev–Trinajstić information content (AvgIpc) is 3.12. The smallest absolute Gasteiger partial charge is 0.242 e. The summed E-state index contributed by atoms with van der Waals surface area (Å²) in [6.07, 6.45) is 4.69. The minimum Gasteiger partial charge on any atom is -0.373 e. The van der Waals surface area contributed by atoms with Crippen molar-refractivity contribution < 1.29 is 13.2 Å². The molecular formula is C14H23N3O3S. The summed E-state index contributed by atoms with van der Waals surface area (Å²) < 4.78 is 35.5. The molecule has 118 valence electrons. The van der Waals surface area contributed by atoms with Gasteiger partial charge in [0.15, 0.2) is 0 Å². The van der Waals surface area contributed by atoms with Crippen LogP contribution in [0.2, 0.25) is 0 Å². The minimum atomic E-state index is -3.52. The Balaban J connectivity index is 1.81. The third-order valence-electron chi connectivity index (χ3n) is 4.40. The van der Waals surface area contributed by atoms with Crippen LogP contribution in [0, 0.1) is 0 Å². The average molecular weight is 313 g/mol. The Bertz CT molecular complexity index is 623. The summed E-state index contributed by atoms with van der Waals surface area (Å²) in [6.45, 7) is 4.34. The van der Waals surface area contributed by atoms with E-state index in [9.17, 15) is 8.42 Å². The lowest BCUT2D eigenvalue weighted by Crippen LogP contribution is -2.41. The van der Waals surface area contributed by atoms with Crippen molar-refractivity contribution in [2.75, 3.05) is 0 Å². The number of nitrogens with two attached hydrogens (primary N) is 1. The Morgan fingerprint density at radius 2 is 2.24 bits per heavy atom. The largest absolute Gasteiger partial charge is 0.373 e. The van der Waals surface area contributed by atoms with E-state index in [1.54, 1.807) is 12.3 Å². The SMILES string of the molecule is CC(C)n1cc(S(=O)(=O)NC2CC3CCC2O3)cc1CN. The third kappa shape index (κ3) is 2.75. The summed E-state index contributed by atoms with van der Waals surface area (Å²) in [6, 6.07) is 1.74. The van der Waals surface area contributed by atoms with Crippen molar-refractivity contribution in [1.82, 2.24) is 9.29 Å². The van der Waals surface area contributed by atoms with Gasteiger partial charge < -0.3 is 15.0 Å². The lowest BCUT2D eigenvalue weighted by Gasteiger charge is -2.19. The van der Waals surface area contributed by atoms with Gasteiger partial charge in [-0.15, -0.1) is 0 Å². The van der Waals surface area contributed by atoms with E-state index in [2.05, 4.69) is 4.72 Å². The van der Waals surface area contributed by atoms with Gasteiger partial charge in [-0.05, 0) is 39.2 Å². The molecule has 3 rings (SSSR count). The van der Waals surface area contributed by atoms with Crippen molar-refractivity contribution in [2.45, 2.75) is 68.8 Å². The van der Waals surface area contributed by atoms with E-state index in [1.165, 1.54) is 0 Å². The minimum absolute atomic E-state index is 0.0333. The van der Waals surface area contributed by atoms with Gasteiger partial charge in [0.05, 0.1) is 23.1 Å². The Labute approximate surface area is 125 Å². The number of rotatable bonds is 5. The van der Waals surface area contributed by atoms with Crippen molar-refractivity contribution in [2.24, 2.45) is 5.73 Å². The lowest BCUT2D eigenvalue weighted by atomic mass is 9.96. The van der Waals surface area contributed by atoms with Crippen LogP contribution in [0.1, 0.15) is 44.8 Å². The summed E-state index contributed by atoms with van der Waals surface area (Å²) >= 11 is 0. The zero-order chi connectivity index (χ0) is 15.2. The van der Waals surface area contributed by atoms with E-state index in [1.807, 2.05) is 18.4 Å². The number of sulfonamides is 1. The summed E-state index contributed by atoms with van der Waals surface area (Å²) in [5.41, 5.74) is 6.53. The van der Waals surface area contributed by atoms with Crippen molar-refractivity contribution in [3.05, 3.63) is 18.0 Å². The second-order valence-electron chi connectivity index (χ2n) is 6.21. The van der Waals surface area contributed by atoms with Crippen LogP contribution in [0.4, 0.5) is 0 Å². The second-order valence-corrected chi connectivity index (χ2v) is 7.92. The molecule has 0 radical (unpaired) electrons. The normalized spacial score (nSPS) is 28.7. The summed E-state index contributed by atoms with van der Waals surface area (Å²) in [4.78, 5) is 0.291. The molecule has 2 aliphatic heterocycles. The van der Waals surface area contributed by atoms with Crippen LogP contribution in [0.15, 0.2) is 17.2 Å². The Kier molecular flexibility index (Phi) is 3.85. The number of nitrogens with one attached hydrogen (secondary N) is 1. The number of aromatic nitrogens is 1. The van der Waals surface area contributed by atoms with Crippen LogP contribution in [0.3, 0.4) is 0 Å². The summed E-state index contributed by atoms with van der Waals surface area (Å²) in [7, 11) is -3.52. The molecule has 2 aliphatic rings. The fourth-order valence-electron chi connectivity index (χ4n) is 3.32. The van der Waals surface area contributed by atoms with Crippen molar-refractivity contribution >= 4 is 10.0 Å². The van der Waals surface area contributed by atoms with Crippen molar-refractivity contribution in [1.29, 1.82) is 0 Å². The highest BCUT2D eigenvalue weighted by Gasteiger charge is 2.42.